The lowest BCUT2D eigenvalue weighted by atomic mass is 10.2. The molecule has 0 spiro atoms. The Bertz CT molecular complexity index is 1570. The number of rotatable bonds is 3. The van der Waals surface area contributed by atoms with Crippen LogP contribution in [0.25, 0.3) is 0 Å². The highest BCUT2D eigenvalue weighted by molar-refractivity contribution is 7.81. The zero-order chi connectivity index (χ0) is 34.3. The van der Waals surface area contributed by atoms with Gasteiger partial charge < -0.3 is 36.1 Å². The van der Waals surface area contributed by atoms with E-state index in [1.165, 1.54) is 36.4 Å². The van der Waals surface area contributed by atoms with Crippen LogP contribution in [0.3, 0.4) is 0 Å². The first-order chi connectivity index (χ1) is 23.2. The Balaban J connectivity index is 1.45. The Labute approximate surface area is 281 Å². The molecule has 0 unspecified atom stereocenters. The van der Waals surface area contributed by atoms with Crippen LogP contribution in [0.15, 0.2) is 60.7 Å². The summed E-state index contributed by atoms with van der Waals surface area (Å²) in [5.41, 5.74) is 0.877. The maximum atomic E-state index is 12.6. The largest absolute Gasteiger partial charge is 0.481 e. The summed E-state index contributed by atoms with van der Waals surface area (Å²) in [6.45, 7) is 0.677. The molecule has 0 atom stereocenters. The van der Waals surface area contributed by atoms with Gasteiger partial charge >= 0.3 is 0 Å². The van der Waals surface area contributed by atoms with Crippen molar-refractivity contribution in [3.05, 3.63) is 87.7 Å². The fourth-order valence-corrected chi connectivity index (χ4v) is 4.65. The van der Waals surface area contributed by atoms with E-state index in [0.29, 0.717) is 57.4 Å². The smallest absolute Gasteiger partial charge is 0.269 e. The summed E-state index contributed by atoms with van der Waals surface area (Å²) in [7, 11) is 0. The molecular weight excluding hydrogens is 642 g/mol. The molecule has 15 nitrogen and oxygen atoms in total. The highest BCUT2D eigenvalue weighted by atomic mass is 32.1. The Morgan fingerprint density at radius 2 is 1.17 bits per heavy atom. The Hall–Kier alpha value is -5.64. The standard InChI is InChI=1S/C32H35N7O8S/c40-27-19-46-25-9-6-10-26(29(25)38-32(48)21-11-13-22(14-12-21)39(44)45)47-20-28(41)34-16-2-4-18-36-31(43)24-8-5-7-23(37-24)30(42)35-17-3-1-15-33-27/h5-14H,1-4,15-20H2,(H,33,40)(H,34,41)(H,35,42)(H,36,43)(H,38,48). The number of aromatic nitrogens is 1. The van der Waals surface area contributed by atoms with Gasteiger partial charge in [0, 0.05) is 43.9 Å². The summed E-state index contributed by atoms with van der Waals surface area (Å²) in [4.78, 5) is 65.1. The van der Waals surface area contributed by atoms with E-state index in [-0.39, 0.29) is 52.5 Å². The second-order valence-electron chi connectivity index (χ2n) is 10.5. The number of anilines is 1. The van der Waals surface area contributed by atoms with E-state index in [1.54, 1.807) is 24.3 Å². The summed E-state index contributed by atoms with van der Waals surface area (Å²) in [6, 6.07) is 15.1. The lowest BCUT2D eigenvalue weighted by molar-refractivity contribution is -0.384. The molecule has 252 valence electrons. The predicted molar refractivity (Wildman–Crippen MR) is 179 cm³/mol. The number of nitro groups is 1. The van der Waals surface area contributed by atoms with Crippen LogP contribution in [0.4, 0.5) is 11.4 Å². The van der Waals surface area contributed by atoms with E-state index in [4.69, 9.17) is 21.7 Å². The van der Waals surface area contributed by atoms with Gasteiger partial charge in [0.1, 0.15) is 33.6 Å². The normalized spacial score (nSPS) is 15.7. The van der Waals surface area contributed by atoms with Crippen LogP contribution in [0, 0.1) is 10.1 Å². The number of benzene rings is 2. The average Bonchev–Trinajstić information content (AvgIpc) is 3.09. The molecule has 2 aromatic carbocycles. The number of fused-ring (bicyclic) bond motifs is 4. The zero-order valence-electron chi connectivity index (χ0n) is 25.9. The molecule has 48 heavy (non-hydrogen) atoms. The Morgan fingerprint density at radius 1 is 0.708 bits per heavy atom. The number of carbonyl (C=O) groups is 4. The van der Waals surface area contributed by atoms with Crippen molar-refractivity contribution in [2.45, 2.75) is 25.7 Å². The molecule has 1 aliphatic rings. The number of non-ortho nitro benzene ring substituents is 1. The van der Waals surface area contributed by atoms with Crippen molar-refractivity contribution < 1.29 is 33.6 Å². The highest BCUT2D eigenvalue weighted by Gasteiger charge is 2.17. The fraction of sp³-hybridized carbons (Fsp3) is 0.312. The van der Waals surface area contributed by atoms with Crippen LogP contribution in [-0.2, 0) is 9.59 Å². The minimum absolute atomic E-state index is 0.0951. The third-order valence-electron chi connectivity index (χ3n) is 6.92. The number of hydrogen-bond donors (Lipinski definition) is 5. The monoisotopic (exact) mass is 677 g/mol. The van der Waals surface area contributed by atoms with Crippen LogP contribution < -0.4 is 36.1 Å². The maximum absolute atomic E-state index is 12.6. The molecule has 4 amide bonds. The Morgan fingerprint density at radius 3 is 1.65 bits per heavy atom. The van der Waals surface area contributed by atoms with E-state index >= 15 is 0 Å². The van der Waals surface area contributed by atoms with Gasteiger partial charge in [0.2, 0.25) is 0 Å². The summed E-state index contributed by atoms with van der Waals surface area (Å²) in [6.07, 6.45) is 2.30. The molecule has 0 saturated heterocycles. The van der Waals surface area contributed by atoms with Gasteiger partial charge in [-0.3, -0.25) is 29.3 Å². The quantitative estimate of drug-likeness (QED) is 0.155. The first-order valence-corrected chi connectivity index (χ1v) is 15.6. The van der Waals surface area contributed by atoms with Crippen molar-refractivity contribution >= 4 is 52.2 Å². The molecule has 0 fully saturated rings. The van der Waals surface area contributed by atoms with Crippen molar-refractivity contribution in [3.8, 4) is 11.5 Å². The van der Waals surface area contributed by atoms with Crippen molar-refractivity contribution in [1.29, 1.82) is 0 Å². The molecule has 0 radical (unpaired) electrons. The lowest BCUT2D eigenvalue weighted by Crippen LogP contribution is -2.32. The molecule has 1 aliphatic heterocycles. The van der Waals surface area contributed by atoms with E-state index in [0.717, 1.165) is 0 Å². The lowest BCUT2D eigenvalue weighted by Gasteiger charge is -2.18. The number of ether oxygens (including phenoxy) is 2. The minimum atomic E-state index is -0.517. The van der Waals surface area contributed by atoms with Crippen LogP contribution in [0.5, 0.6) is 11.5 Å². The molecule has 16 heteroatoms. The topological polar surface area (TPSA) is 203 Å². The van der Waals surface area contributed by atoms with Gasteiger partial charge in [0.25, 0.3) is 29.3 Å². The average molecular weight is 678 g/mol. The molecule has 0 aliphatic carbocycles. The third-order valence-corrected chi connectivity index (χ3v) is 7.26. The third kappa shape index (κ3) is 10.7. The molecule has 5 N–H and O–H groups in total. The predicted octanol–water partition coefficient (Wildman–Crippen LogP) is 2.50. The minimum Gasteiger partial charge on any atom is -0.481 e. The molecular formula is C32H35N7O8S. The summed E-state index contributed by atoms with van der Waals surface area (Å²) in [5.74, 6) is -1.18. The van der Waals surface area contributed by atoms with Crippen molar-refractivity contribution in [2.75, 3.05) is 44.7 Å². The second kappa shape index (κ2) is 17.9. The highest BCUT2D eigenvalue weighted by Crippen LogP contribution is 2.35. The number of nitro benzene ring substituents is 1. The van der Waals surface area contributed by atoms with Gasteiger partial charge in [-0.15, -0.1) is 0 Å². The van der Waals surface area contributed by atoms with Gasteiger partial charge in [0.05, 0.1) is 4.92 Å². The number of nitrogens with one attached hydrogen (secondary N) is 5. The fourth-order valence-electron chi connectivity index (χ4n) is 4.41. The number of pyridine rings is 1. The number of hydrogen-bond acceptors (Lipinski definition) is 10. The van der Waals surface area contributed by atoms with Gasteiger partial charge in [-0.1, -0.05) is 24.4 Å². The van der Waals surface area contributed by atoms with Crippen LogP contribution in [0.2, 0.25) is 0 Å². The Kier molecular flexibility index (Phi) is 13.1. The molecule has 1 aromatic heterocycles. The van der Waals surface area contributed by atoms with E-state index < -0.39 is 28.6 Å². The van der Waals surface area contributed by atoms with Gasteiger partial charge in [-0.05, 0) is 62.1 Å². The van der Waals surface area contributed by atoms with Gasteiger partial charge in [0.15, 0.2) is 13.2 Å². The van der Waals surface area contributed by atoms with E-state index in [2.05, 4.69) is 31.6 Å². The molecule has 2 heterocycles. The summed E-state index contributed by atoms with van der Waals surface area (Å²) in [5, 5.41) is 25.1. The molecule has 0 saturated carbocycles. The SMILES string of the molecule is O=C1COc2cccc(c2NC(=S)c2ccc([N+](=O)[O-])cc2)OCC(=O)NCCCCNC(=O)c2cccc(n2)C(=O)NCCCCN1. The molecule has 4 rings (SSSR count). The van der Waals surface area contributed by atoms with Crippen LogP contribution in [-0.4, -0.2) is 77.9 Å². The van der Waals surface area contributed by atoms with E-state index in [1.807, 2.05) is 0 Å². The molecule has 4 bridgehead atoms. The first-order valence-electron chi connectivity index (χ1n) is 15.2. The van der Waals surface area contributed by atoms with Crippen LogP contribution in [0.1, 0.15) is 52.2 Å². The van der Waals surface area contributed by atoms with Gasteiger partial charge in [-0.2, -0.15) is 0 Å². The second-order valence-corrected chi connectivity index (χ2v) is 10.9. The number of carbonyl (C=O) groups excluding carboxylic acids is 4. The number of para-hydroxylation sites is 1. The van der Waals surface area contributed by atoms with Crippen molar-refractivity contribution in [1.82, 2.24) is 26.3 Å². The van der Waals surface area contributed by atoms with Crippen molar-refractivity contribution in [2.24, 2.45) is 0 Å². The van der Waals surface area contributed by atoms with Gasteiger partial charge in [-0.25, -0.2) is 4.98 Å². The van der Waals surface area contributed by atoms with Crippen LogP contribution >= 0.6 is 12.2 Å². The first kappa shape index (κ1) is 35.2. The number of thiocarbonyl (C=S) groups is 1. The maximum Gasteiger partial charge on any atom is 0.269 e. The zero-order valence-corrected chi connectivity index (χ0v) is 26.7. The van der Waals surface area contributed by atoms with E-state index in [9.17, 15) is 29.3 Å². The number of amides is 4. The molecule has 3 aromatic rings. The summed E-state index contributed by atoms with van der Waals surface area (Å²) >= 11 is 5.54. The summed E-state index contributed by atoms with van der Waals surface area (Å²) < 4.78 is 11.6. The van der Waals surface area contributed by atoms with Crippen molar-refractivity contribution in [3.63, 3.8) is 0 Å². The number of nitrogens with zero attached hydrogens (tertiary/aromatic N) is 2.